The van der Waals surface area contributed by atoms with E-state index in [1.165, 1.54) is 0 Å². The van der Waals surface area contributed by atoms with Crippen LogP contribution in [0.5, 0.6) is 0 Å². The van der Waals surface area contributed by atoms with Crippen molar-refractivity contribution in [2.45, 2.75) is 44.1 Å². The Morgan fingerprint density at radius 2 is 1.39 bits per heavy atom. The first-order chi connectivity index (χ1) is 8.34. The van der Waals surface area contributed by atoms with E-state index in [2.05, 4.69) is 5.32 Å². The van der Waals surface area contributed by atoms with Gasteiger partial charge in [0.1, 0.15) is 5.78 Å². The van der Waals surface area contributed by atoms with Crippen molar-refractivity contribution in [1.82, 2.24) is 5.32 Å². The molecule has 0 unspecified atom stereocenters. The largest absolute Gasteiger partial charge is 0.473 e. The highest BCUT2D eigenvalue weighted by atomic mass is 16.4. The molecule has 2 rings (SSSR count). The number of aliphatic carboxylic acids is 2. The summed E-state index contributed by atoms with van der Waals surface area (Å²) in [5, 5.41) is 17.8. The molecule has 18 heavy (non-hydrogen) atoms. The highest BCUT2D eigenvalue weighted by Crippen LogP contribution is 2.33. The van der Waals surface area contributed by atoms with E-state index in [-0.39, 0.29) is 11.4 Å². The van der Waals surface area contributed by atoms with Gasteiger partial charge in [-0.1, -0.05) is 0 Å². The Balaban J connectivity index is 0.000000232. The van der Waals surface area contributed by atoms with Crippen LogP contribution in [0.15, 0.2) is 0 Å². The molecule has 1 amide bonds. The molecule has 0 aromatic rings. The van der Waals surface area contributed by atoms with Gasteiger partial charge in [0.05, 0.1) is 0 Å². The van der Waals surface area contributed by atoms with Crippen molar-refractivity contribution in [3.05, 3.63) is 0 Å². The van der Waals surface area contributed by atoms with Crippen LogP contribution in [0.3, 0.4) is 0 Å². The summed E-state index contributed by atoms with van der Waals surface area (Å²) in [6, 6.07) is 0. The van der Waals surface area contributed by atoms with Gasteiger partial charge < -0.3 is 15.5 Å². The topological polar surface area (TPSA) is 121 Å². The number of hydrogen-bond donors (Lipinski definition) is 3. The molecule has 1 aliphatic carbocycles. The summed E-state index contributed by atoms with van der Waals surface area (Å²) in [7, 11) is 0. The lowest BCUT2D eigenvalue weighted by molar-refractivity contribution is -0.159. The van der Waals surface area contributed by atoms with Crippen molar-refractivity contribution in [3.63, 3.8) is 0 Å². The van der Waals surface area contributed by atoms with Crippen LogP contribution in [0.4, 0.5) is 0 Å². The zero-order chi connectivity index (χ0) is 13.8. The Bertz CT molecular complexity index is 367. The van der Waals surface area contributed by atoms with Gasteiger partial charge in [-0.05, 0) is 19.3 Å². The van der Waals surface area contributed by atoms with E-state index in [9.17, 15) is 9.59 Å². The van der Waals surface area contributed by atoms with Crippen molar-refractivity contribution in [2.75, 3.05) is 0 Å². The summed E-state index contributed by atoms with van der Waals surface area (Å²) in [5.74, 6) is -3.14. The number of ketones is 1. The molecule has 1 heterocycles. The van der Waals surface area contributed by atoms with Crippen LogP contribution in [0.25, 0.3) is 0 Å². The summed E-state index contributed by atoms with van der Waals surface area (Å²) in [4.78, 5) is 40.2. The molecule has 7 heteroatoms. The zero-order valence-corrected chi connectivity index (χ0v) is 9.77. The molecule has 1 saturated carbocycles. The average molecular weight is 257 g/mol. The molecule has 1 saturated heterocycles. The highest BCUT2D eigenvalue weighted by Gasteiger charge is 2.39. The normalized spacial score (nSPS) is 20.9. The lowest BCUT2D eigenvalue weighted by atomic mass is 9.80. The first kappa shape index (κ1) is 14.1. The Kier molecular flexibility index (Phi) is 4.41. The third kappa shape index (κ3) is 3.83. The summed E-state index contributed by atoms with van der Waals surface area (Å²) >= 11 is 0. The third-order valence-corrected chi connectivity index (χ3v) is 3.18. The van der Waals surface area contributed by atoms with Gasteiger partial charge in [0.2, 0.25) is 5.91 Å². The number of Topliss-reactive ketones (excluding diaryl/α,β-unsaturated/α-hetero) is 1. The van der Waals surface area contributed by atoms with E-state index < -0.39 is 11.9 Å². The number of carboxylic acid groups (broad SMARTS) is 2. The number of hydrogen-bond acceptors (Lipinski definition) is 4. The quantitative estimate of drug-likeness (QED) is 0.522. The van der Waals surface area contributed by atoms with Gasteiger partial charge in [0.25, 0.3) is 0 Å². The van der Waals surface area contributed by atoms with Gasteiger partial charge in [-0.2, -0.15) is 0 Å². The Morgan fingerprint density at radius 1 is 0.944 bits per heavy atom. The van der Waals surface area contributed by atoms with Crippen molar-refractivity contribution in [3.8, 4) is 0 Å². The maximum atomic E-state index is 11.0. The summed E-state index contributed by atoms with van der Waals surface area (Å²) in [6.07, 6.45) is 4.60. The molecule has 7 nitrogen and oxygen atoms in total. The molecule has 1 spiro atoms. The molecule has 0 aromatic heterocycles. The van der Waals surface area contributed by atoms with Crippen LogP contribution in [0.2, 0.25) is 0 Å². The molecule has 2 fully saturated rings. The third-order valence-electron chi connectivity index (χ3n) is 3.18. The standard InChI is InChI=1S/C9H13NO2.C2H2O4/c11-7-1-4-9(5-2-7)6-3-8(12)10-9;3-1(4)2(5)6/h1-6H2,(H,10,12);(H,3,4)(H,5,6). The molecule has 100 valence electrons. The fourth-order valence-corrected chi connectivity index (χ4v) is 2.16. The van der Waals surface area contributed by atoms with Crippen LogP contribution >= 0.6 is 0 Å². The second-order valence-electron chi connectivity index (χ2n) is 4.48. The molecule has 0 bridgehead atoms. The van der Waals surface area contributed by atoms with Crippen molar-refractivity contribution in [1.29, 1.82) is 0 Å². The molecule has 1 aliphatic heterocycles. The fraction of sp³-hybridized carbons (Fsp3) is 0.636. The van der Waals surface area contributed by atoms with Gasteiger partial charge in [-0.25, -0.2) is 9.59 Å². The molecule has 0 atom stereocenters. The van der Waals surface area contributed by atoms with Crippen LogP contribution in [0, 0.1) is 0 Å². The Labute approximate surface area is 103 Å². The van der Waals surface area contributed by atoms with Gasteiger partial charge in [0.15, 0.2) is 0 Å². The second-order valence-corrected chi connectivity index (χ2v) is 4.48. The minimum Gasteiger partial charge on any atom is -0.473 e. The average Bonchev–Trinajstić information content (AvgIpc) is 2.66. The van der Waals surface area contributed by atoms with Gasteiger partial charge in [-0.3, -0.25) is 9.59 Å². The first-order valence-electron chi connectivity index (χ1n) is 5.64. The minimum absolute atomic E-state index is 0.00495. The van der Waals surface area contributed by atoms with E-state index in [0.717, 1.165) is 19.3 Å². The van der Waals surface area contributed by atoms with E-state index in [1.807, 2.05) is 0 Å². The van der Waals surface area contributed by atoms with Gasteiger partial charge in [0, 0.05) is 24.8 Å². The number of amides is 1. The lowest BCUT2D eigenvalue weighted by Gasteiger charge is -2.32. The molecule has 0 aromatic carbocycles. The van der Waals surface area contributed by atoms with Crippen LogP contribution in [0.1, 0.15) is 38.5 Å². The van der Waals surface area contributed by atoms with Crippen LogP contribution in [-0.4, -0.2) is 39.4 Å². The summed E-state index contributed by atoms with van der Waals surface area (Å²) in [6.45, 7) is 0. The maximum Gasteiger partial charge on any atom is 0.414 e. The smallest absolute Gasteiger partial charge is 0.414 e. The molecule has 0 radical (unpaired) electrons. The highest BCUT2D eigenvalue weighted by molar-refractivity contribution is 6.27. The number of rotatable bonds is 0. The number of carboxylic acids is 2. The van der Waals surface area contributed by atoms with Crippen LogP contribution < -0.4 is 5.32 Å². The van der Waals surface area contributed by atoms with E-state index in [0.29, 0.717) is 25.0 Å². The predicted octanol–water partition coefficient (Wildman–Crippen LogP) is -0.0661. The minimum atomic E-state index is -1.82. The predicted molar refractivity (Wildman–Crippen MR) is 58.9 cm³/mol. The second kappa shape index (κ2) is 5.61. The summed E-state index contributed by atoms with van der Waals surface area (Å²) < 4.78 is 0. The molecular weight excluding hydrogens is 242 g/mol. The molecule has 2 aliphatic rings. The number of carbonyl (C=O) groups excluding carboxylic acids is 2. The van der Waals surface area contributed by atoms with Crippen molar-refractivity contribution < 1.29 is 29.4 Å². The zero-order valence-electron chi connectivity index (χ0n) is 9.77. The van der Waals surface area contributed by atoms with E-state index in [1.54, 1.807) is 0 Å². The van der Waals surface area contributed by atoms with Gasteiger partial charge in [-0.15, -0.1) is 0 Å². The first-order valence-corrected chi connectivity index (χ1v) is 5.64. The maximum absolute atomic E-state index is 11.0. The summed E-state index contributed by atoms with van der Waals surface area (Å²) in [5.41, 5.74) is 0.00495. The number of carbonyl (C=O) groups is 4. The Hall–Kier alpha value is -1.92. The molecule has 3 N–H and O–H groups in total. The van der Waals surface area contributed by atoms with E-state index >= 15 is 0 Å². The molecular formula is C11H15NO6. The SMILES string of the molecule is O=C(O)C(=O)O.O=C1CCC2(CC1)CCC(=O)N2. The fourth-order valence-electron chi connectivity index (χ4n) is 2.16. The monoisotopic (exact) mass is 257 g/mol. The lowest BCUT2D eigenvalue weighted by Crippen LogP contribution is -2.44. The Morgan fingerprint density at radius 3 is 1.72 bits per heavy atom. The van der Waals surface area contributed by atoms with Crippen LogP contribution in [-0.2, 0) is 19.2 Å². The van der Waals surface area contributed by atoms with E-state index in [4.69, 9.17) is 19.8 Å². The number of nitrogens with one attached hydrogen (secondary N) is 1. The van der Waals surface area contributed by atoms with Crippen molar-refractivity contribution >= 4 is 23.6 Å². The van der Waals surface area contributed by atoms with Gasteiger partial charge >= 0.3 is 11.9 Å². The van der Waals surface area contributed by atoms with Crippen molar-refractivity contribution in [2.24, 2.45) is 0 Å².